The van der Waals surface area contributed by atoms with Gasteiger partial charge in [0.15, 0.2) is 6.10 Å². The number of unbranched alkanes of at least 4 members (excludes halogenated alkanes) is 8. The normalized spacial score (nSPS) is 13.8. The molecular weight excluding hydrogens is 558 g/mol. The maximum Gasteiger partial charge on any atom is 0.306 e. The van der Waals surface area contributed by atoms with Crippen LogP contribution in [0.25, 0.3) is 0 Å². The minimum absolute atomic E-state index is 0.0163. The second kappa shape index (κ2) is 27.8. The van der Waals surface area contributed by atoms with Crippen molar-refractivity contribution >= 4 is 17.9 Å². The highest BCUT2D eigenvalue weighted by Crippen LogP contribution is 2.11. The zero-order valence-corrected chi connectivity index (χ0v) is 28.3. The van der Waals surface area contributed by atoms with E-state index in [1.54, 1.807) is 21.1 Å². The van der Waals surface area contributed by atoms with Crippen LogP contribution in [0.1, 0.15) is 110 Å². The highest BCUT2D eigenvalue weighted by Gasteiger charge is 2.25. The van der Waals surface area contributed by atoms with Gasteiger partial charge < -0.3 is 28.6 Å². The third-order valence-electron chi connectivity index (χ3n) is 7.02. The standard InChI is InChI=1S/C36H61NO7/c1-6-8-10-12-14-15-16-17-18-19-21-22-24-26-34(38)43-31-32(30-42-29-28-33(36(40)41)37(3,4)5)44-35(39)27-25-23-20-13-11-9-7-2/h8,10,12,14-16,20,23,32-33H,6-7,9,11,13,17-19,21-22,24-31H2,1-5H3/b10-8+,14-12+,16-15+,23-20+. The van der Waals surface area contributed by atoms with Gasteiger partial charge in [0.25, 0.3) is 0 Å². The summed E-state index contributed by atoms with van der Waals surface area (Å²) in [6, 6.07) is -0.732. The van der Waals surface area contributed by atoms with Gasteiger partial charge in [0.1, 0.15) is 12.6 Å². The molecule has 2 unspecified atom stereocenters. The fourth-order valence-electron chi connectivity index (χ4n) is 4.38. The van der Waals surface area contributed by atoms with E-state index >= 15 is 0 Å². The van der Waals surface area contributed by atoms with Crippen molar-refractivity contribution in [2.75, 3.05) is 41.0 Å². The highest BCUT2D eigenvalue weighted by atomic mass is 16.6. The molecule has 252 valence electrons. The van der Waals surface area contributed by atoms with E-state index < -0.39 is 18.1 Å². The lowest BCUT2D eigenvalue weighted by molar-refractivity contribution is -0.889. The van der Waals surface area contributed by atoms with Crippen LogP contribution in [-0.2, 0) is 28.6 Å². The highest BCUT2D eigenvalue weighted by molar-refractivity contribution is 5.70. The number of rotatable bonds is 28. The molecule has 8 heteroatoms. The van der Waals surface area contributed by atoms with Gasteiger partial charge in [0.2, 0.25) is 0 Å². The first-order valence-corrected chi connectivity index (χ1v) is 16.7. The van der Waals surface area contributed by atoms with E-state index in [-0.39, 0.29) is 49.1 Å². The van der Waals surface area contributed by atoms with Gasteiger partial charge in [-0.15, -0.1) is 0 Å². The zero-order valence-electron chi connectivity index (χ0n) is 28.3. The lowest BCUT2D eigenvalue weighted by Crippen LogP contribution is -2.55. The lowest BCUT2D eigenvalue weighted by atomic mass is 10.1. The second-order valence-electron chi connectivity index (χ2n) is 12.1. The van der Waals surface area contributed by atoms with Crippen molar-refractivity contribution in [1.29, 1.82) is 0 Å². The van der Waals surface area contributed by atoms with Gasteiger partial charge >= 0.3 is 11.9 Å². The number of carboxylic acid groups (broad SMARTS) is 1. The van der Waals surface area contributed by atoms with Gasteiger partial charge in [0, 0.05) is 19.3 Å². The van der Waals surface area contributed by atoms with Crippen LogP contribution < -0.4 is 5.11 Å². The van der Waals surface area contributed by atoms with Crippen molar-refractivity contribution in [2.24, 2.45) is 0 Å². The summed E-state index contributed by atoms with van der Waals surface area (Å²) in [5, 5.41) is 11.5. The average molecular weight is 620 g/mol. The van der Waals surface area contributed by atoms with E-state index in [1.807, 2.05) is 18.2 Å². The van der Waals surface area contributed by atoms with Crippen LogP contribution in [0.3, 0.4) is 0 Å². The van der Waals surface area contributed by atoms with Gasteiger partial charge in [-0.05, 0) is 44.9 Å². The number of carbonyl (C=O) groups is 3. The summed E-state index contributed by atoms with van der Waals surface area (Å²) < 4.78 is 16.9. The largest absolute Gasteiger partial charge is 0.544 e. The molecule has 0 aromatic carbocycles. The summed E-state index contributed by atoms with van der Waals surface area (Å²) in [6.07, 6.45) is 28.8. The van der Waals surface area contributed by atoms with Crippen LogP contribution in [-0.4, -0.2) is 75.5 Å². The minimum atomic E-state index is -1.14. The summed E-state index contributed by atoms with van der Waals surface area (Å²) in [4.78, 5) is 36.3. The van der Waals surface area contributed by atoms with Crippen molar-refractivity contribution in [1.82, 2.24) is 0 Å². The van der Waals surface area contributed by atoms with Crippen molar-refractivity contribution < 1.29 is 38.2 Å². The SMILES string of the molecule is CC/C=C/C=C/C=C/CCCCCCCC(=O)OCC(COCCC(C(=O)[O-])[N+](C)(C)C)OC(=O)CC/C=C/CCCCC. The van der Waals surface area contributed by atoms with Crippen LogP contribution in [0.15, 0.2) is 48.6 Å². The van der Waals surface area contributed by atoms with E-state index in [9.17, 15) is 19.5 Å². The van der Waals surface area contributed by atoms with Crippen molar-refractivity contribution in [2.45, 2.75) is 122 Å². The molecule has 0 aliphatic rings. The third-order valence-corrected chi connectivity index (χ3v) is 7.02. The molecule has 0 aliphatic carbocycles. The van der Waals surface area contributed by atoms with Gasteiger partial charge in [0.05, 0.1) is 40.3 Å². The predicted molar refractivity (Wildman–Crippen MR) is 176 cm³/mol. The molecule has 0 N–H and O–H groups in total. The molecule has 0 saturated carbocycles. The Morgan fingerprint density at radius 2 is 1.34 bits per heavy atom. The van der Waals surface area contributed by atoms with Gasteiger partial charge in [-0.25, -0.2) is 0 Å². The number of allylic oxidation sites excluding steroid dienone is 8. The Balaban J connectivity index is 4.51. The molecule has 0 spiro atoms. The fourth-order valence-corrected chi connectivity index (χ4v) is 4.38. The van der Waals surface area contributed by atoms with Crippen LogP contribution in [0.2, 0.25) is 0 Å². The van der Waals surface area contributed by atoms with Crippen LogP contribution >= 0.6 is 0 Å². The van der Waals surface area contributed by atoms with Crippen LogP contribution in [0, 0.1) is 0 Å². The predicted octanol–water partition coefficient (Wildman–Crippen LogP) is 6.40. The molecule has 0 radical (unpaired) electrons. The number of nitrogens with zero attached hydrogens (tertiary/aromatic N) is 1. The number of esters is 2. The first kappa shape index (κ1) is 41.3. The Morgan fingerprint density at radius 1 is 0.705 bits per heavy atom. The summed E-state index contributed by atoms with van der Waals surface area (Å²) in [7, 11) is 5.36. The summed E-state index contributed by atoms with van der Waals surface area (Å²) >= 11 is 0. The summed E-state index contributed by atoms with van der Waals surface area (Å²) in [5.74, 6) is -1.85. The Morgan fingerprint density at radius 3 is 2.02 bits per heavy atom. The average Bonchev–Trinajstić information content (AvgIpc) is 2.96. The molecule has 0 amide bonds. The Labute approximate surface area is 267 Å². The molecule has 0 fully saturated rings. The maximum atomic E-state index is 12.5. The van der Waals surface area contributed by atoms with Crippen LogP contribution in [0.4, 0.5) is 0 Å². The fraction of sp³-hybridized carbons (Fsp3) is 0.694. The van der Waals surface area contributed by atoms with E-state index in [4.69, 9.17) is 14.2 Å². The molecule has 8 nitrogen and oxygen atoms in total. The van der Waals surface area contributed by atoms with Gasteiger partial charge in [-0.1, -0.05) is 94.6 Å². The monoisotopic (exact) mass is 619 g/mol. The summed E-state index contributed by atoms with van der Waals surface area (Å²) in [5.41, 5.74) is 0. The number of carboxylic acids is 1. The number of ether oxygens (including phenoxy) is 3. The van der Waals surface area contributed by atoms with Crippen molar-refractivity contribution in [3.8, 4) is 0 Å². The first-order valence-electron chi connectivity index (χ1n) is 16.7. The van der Waals surface area contributed by atoms with Crippen molar-refractivity contribution in [3.63, 3.8) is 0 Å². The number of carbonyl (C=O) groups excluding carboxylic acids is 3. The van der Waals surface area contributed by atoms with E-state index in [1.165, 1.54) is 12.8 Å². The Kier molecular flexibility index (Phi) is 26.1. The topological polar surface area (TPSA) is 102 Å². The number of hydrogen-bond donors (Lipinski definition) is 0. The molecule has 0 saturated heterocycles. The molecule has 2 atom stereocenters. The van der Waals surface area contributed by atoms with Crippen LogP contribution in [0.5, 0.6) is 0 Å². The molecule has 0 aromatic rings. The number of likely N-dealkylation sites (N-methyl/N-ethyl adjacent to an activating group) is 1. The Bertz CT molecular complexity index is 870. The molecular formula is C36H61NO7. The number of quaternary nitrogens is 1. The third kappa shape index (κ3) is 25.8. The van der Waals surface area contributed by atoms with Gasteiger partial charge in [-0.3, -0.25) is 9.59 Å². The molecule has 0 aromatic heterocycles. The molecule has 0 bridgehead atoms. The molecule has 0 aliphatic heterocycles. The first-order chi connectivity index (χ1) is 21.1. The zero-order chi connectivity index (χ0) is 32.9. The minimum Gasteiger partial charge on any atom is -0.544 e. The summed E-state index contributed by atoms with van der Waals surface area (Å²) in [6.45, 7) is 4.35. The van der Waals surface area contributed by atoms with Gasteiger partial charge in [-0.2, -0.15) is 0 Å². The molecule has 0 rings (SSSR count). The van der Waals surface area contributed by atoms with E-state index in [0.717, 1.165) is 57.8 Å². The van der Waals surface area contributed by atoms with E-state index in [0.29, 0.717) is 12.8 Å². The number of aliphatic carboxylic acids is 1. The maximum absolute atomic E-state index is 12.5. The Hall–Kier alpha value is -2.71. The quantitative estimate of drug-likeness (QED) is 0.0328. The second-order valence-corrected chi connectivity index (χ2v) is 12.1. The number of hydrogen-bond acceptors (Lipinski definition) is 7. The lowest BCUT2D eigenvalue weighted by Gasteiger charge is -2.34. The van der Waals surface area contributed by atoms with E-state index in [2.05, 4.69) is 44.2 Å². The van der Waals surface area contributed by atoms with Crippen molar-refractivity contribution in [3.05, 3.63) is 48.6 Å². The molecule has 44 heavy (non-hydrogen) atoms. The molecule has 0 heterocycles. The smallest absolute Gasteiger partial charge is 0.306 e.